The van der Waals surface area contributed by atoms with Crippen LogP contribution in [-0.4, -0.2) is 36.5 Å². The lowest BCUT2D eigenvalue weighted by Gasteiger charge is -2.35. The fourth-order valence-corrected chi connectivity index (χ4v) is 1.66. The quantitative estimate of drug-likeness (QED) is 0.352. The van der Waals surface area contributed by atoms with Gasteiger partial charge in [-0.1, -0.05) is 0 Å². The van der Waals surface area contributed by atoms with Gasteiger partial charge in [0.2, 0.25) is 0 Å². The van der Waals surface area contributed by atoms with E-state index in [0.717, 1.165) is 12.3 Å². The number of rotatable bonds is 6. The Labute approximate surface area is 99.1 Å². The Hall–Kier alpha value is 0.980. The van der Waals surface area contributed by atoms with Crippen LogP contribution in [-0.2, 0) is 0 Å². The molecule has 0 fully saturated rings. The Morgan fingerprint density at radius 2 is 1.42 bits per heavy atom. The summed E-state index contributed by atoms with van der Waals surface area (Å²) in [6, 6.07) is 0. The molecule has 0 saturated heterocycles. The molecule has 0 atom stereocenters. The van der Waals surface area contributed by atoms with Crippen LogP contribution in [0.1, 0.15) is 27.2 Å². The average molecular weight is 306 g/mol. The third-order valence-corrected chi connectivity index (χ3v) is 3.05. The molecule has 0 aromatic heterocycles. The first-order valence-corrected chi connectivity index (χ1v) is 5.19. The maximum atomic E-state index is 5.67. The van der Waals surface area contributed by atoms with E-state index in [2.05, 4.69) is 20.8 Å². The van der Waals surface area contributed by atoms with Crippen molar-refractivity contribution in [3.05, 3.63) is 0 Å². The predicted molar refractivity (Wildman–Crippen MR) is 52.1 cm³/mol. The number of alkyl halides is 1. The first kappa shape index (κ1) is 15.5. The van der Waals surface area contributed by atoms with E-state index in [9.17, 15) is 0 Å². The number of hydrogen-bond acceptors (Lipinski definition) is 0. The SMILES string of the molecule is CC[N+](CC)(CC)CCCCl.[I-]. The first-order valence-electron chi connectivity index (χ1n) is 4.65. The number of hydrogen-bond donors (Lipinski definition) is 0. The molecule has 0 saturated carbocycles. The van der Waals surface area contributed by atoms with E-state index in [0.29, 0.717) is 0 Å². The molecule has 0 aromatic rings. The smallest absolute Gasteiger partial charge is 0.0797 e. The Balaban J connectivity index is 0. The summed E-state index contributed by atoms with van der Waals surface area (Å²) in [7, 11) is 0. The Morgan fingerprint density at radius 1 is 1.00 bits per heavy atom. The van der Waals surface area contributed by atoms with Crippen LogP contribution in [0.2, 0.25) is 0 Å². The Morgan fingerprint density at radius 3 is 1.67 bits per heavy atom. The van der Waals surface area contributed by atoms with Gasteiger partial charge in [-0.3, -0.25) is 0 Å². The molecule has 0 bridgehead atoms. The predicted octanol–water partition coefficient (Wildman–Crippen LogP) is -0.504. The van der Waals surface area contributed by atoms with Crippen LogP contribution in [0.25, 0.3) is 0 Å². The molecule has 0 aromatic carbocycles. The second kappa shape index (κ2) is 8.57. The van der Waals surface area contributed by atoms with E-state index in [1.54, 1.807) is 0 Å². The summed E-state index contributed by atoms with van der Waals surface area (Å²) in [5.41, 5.74) is 0. The molecule has 0 heterocycles. The minimum Gasteiger partial charge on any atom is -1.00 e. The Kier molecular flexibility index (Phi) is 11.0. The minimum absolute atomic E-state index is 0. The van der Waals surface area contributed by atoms with Crippen molar-refractivity contribution in [1.82, 2.24) is 0 Å². The van der Waals surface area contributed by atoms with E-state index in [1.165, 1.54) is 30.7 Å². The highest BCUT2D eigenvalue weighted by molar-refractivity contribution is 6.17. The maximum absolute atomic E-state index is 5.67. The first-order chi connectivity index (χ1) is 5.24. The maximum Gasteiger partial charge on any atom is 0.0797 e. The lowest BCUT2D eigenvalue weighted by atomic mass is 10.3. The van der Waals surface area contributed by atoms with Crippen molar-refractivity contribution in [2.45, 2.75) is 27.2 Å². The second-order valence-electron chi connectivity index (χ2n) is 3.06. The summed E-state index contributed by atoms with van der Waals surface area (Å²) < 4.78 is 1.23. The van der Waals surface area contributed by atoms with Gasteiger partial charge in [0.05, 0.1) is 26.2 Å². The fourth-order valence-electron chi connectivity index (χ4n) is 1.54. The molecule has 0 aliphatic heterocycles. The van der Waals surface area contributed by atoms with Crippen LogP contribution >= 0.6 is 11.6 Å². The molecule has 3 heteroatoms. The van der Waals surface area contributed by atoms with Crippen molar-refractivity contribution in [1.29, 1.82) is 0 Å². The lowest BCUT2D eigenvalue weighted by Crippen LogP contribution is -3.00. The Bertz CT molecular complexity index is 86.3. The highest BCUT2D eigenvalue weighted by Gasteiger charge is 2.18. The van der Waals surface area contributed by atoms with Crippen molar-refractivity contribution in [3.63, 3.8) is 0 Å². The van der Waals surface area contributed by atoms with Gasteiger partial charge < -0.3 is 28.5 Å². The highest BCUT2D eigenvalue weighted by Crippen LogP contribution is 2.07. The molecule has 0 aliphatic carbocycles. The molecule has 0 spiro atoms. The van der Waals surface area contributed by atoms with E-state index in [4.69, 9.17) is 11.6 Å². The van der Waals surface area contributed by atoms with Crippen LogP contribution in [0.3, 0.4) is 0 Å². The molecular weight excluding hydrogens is 284 g/mol. The normalized spacial score (nSPS) is 11.0. The molecule has 0 radical (unpaired) electrons. The molecule has 0 amide bonds. The zero-order valence-electron chi connectivity index (χ0n) is 8.45. The number of quaternary nitrogens is 1. The molecule has 12 heavy (non-hydrogen) atoms. The van der Waals surface area contributed by atoms with Crippen LogP contribution < -0.4 is 24.0 Å². The summed E-state index contributed by atoms with van der Waals surface area (Å²) in [5.74, 6) is 0.806. The monoisotopic (exact) mass is 305 g/mol. The third-order valence-electron chi connectivity index (χ3n) is 2.78. The lowest BCUT2D eigenvalue weighted by molar-refractivity contribution is -0.923. The van der Waals surface area contributed by atoms with Crippen LogP contribution in [0.5, 0.6) is 0 Å². The molecule has 0 rings (SSSR count). The largest absolute Gasteiger partial charge is 1.00 e. The topological polar surface area (TPSA) is 0 Å². The molecule has 0 N–H and O–H groups in total. The standard InChI is InChI=1S/C9H21ClN.HI/c1-4-11(5-2,6-3)9-7-8-10;/h4-9H2,1-3H3;1H/q+1;/p-1. The second-order valence-corrected chi connectivity index (χ2v) is 3.43. The van der Waals surface area contributed by atoms with Gasteiger partial charge in [0.1, 0.15) is 0 Å². The van der Waals surface area contributed by atoms with Gasteiger partial charge in [-0.15, -0.1) is 11.6 Å². The molecule has 0 unspecified atom stereocenters. The summed E-state index contributed by atoms with van der Waals surface area (Å²) in [4.78, 5) is 0. The van der Waals surface area contributed by atoms with Crippen molar-refractivity contribution in [2.75, 3.05) is 32.1 Å². The number of halogens is 2. The van der Waals surface area contributed by atoms with E-state index >= 15 is 0 Å². The van der Waals surface area contributed by atoms with Gasteiger partial charge >= 0.3 is 0 Å². The van der Waals surface area contributed by atoms with Crippen molar-refractivity contribution >= 4 is 11.6 Å². The van der Waals surface area contributed by atoms with Gasteiger partial charge in [0.25, 0.3) is 0 Å². The van der Waals surface area contributed by atoms with Crippen LogP contribution in [0.4, 0.5) is 0 Å². The zero-order valence-corrected chi connectivity index (χ0v) is 11.4. The van der Waals surface area contributed by atoms with Crippen molar-refractivity contribution < 1.29 is 28.5 Å². The van der Waals surface area contributed by atoms with E-state index in [1.807, 2.05) is 0 Å². The summed E-state index contributed by atoms with van der Waals surface area (Å²) in [6.45, 7) is 11.8. The number of nitrogens with zero attached hydrogens (tertiary/aromatic N) is 1. The van der Waals surface area contributed by atoms with Gasteiger partial charge in [0.15, 0.2) is 0 Å². The third kappa shape index (κ3) is 4.87. The van der Waals surface area contributed by atoms with E-state index < -0.39 is 0 Å². The molecule has 76 valence electrons. The van der Waals surface area contributed by atoms with Gasteiger partial charge in [-0.25, -0.2) is 0 Å². The molecule has 0 aliphatic rings. The van der Waals surface area contributed by atoms with Gasteiger partial charge in [0, 0.05) is 12.3 Å². The molecular formula is C9H21ClIN. The zero-order chi connectivity index (χ0) is 8.74. The van der Waals surface area contributed by atoms with Crippen molar-refractivity contribution in [2.24, 2.45) is 0 Å². The van der Waals surface area contributed by atoms with Crippen LogP contribution in [0.15, 0.2) is 0 Å². The molecule has 1 nitrogen and oxygen atoms in total. The summed E-state index contributed by atoms with van der Waals surface area (Å²) in [5, 5.41) is 0. The fraction of sp³-hybridized carbons (Fsp3) is 1.00. The van der Waals surface area contributed by atoms with Gasteiger partial charge in [-0.05, 0) is 20.8 Å². The van der Waals surface area contributed by atoms with Crippen LogP contribution in [0, 0.1) is 0 Å². The minimum atomic E-state index is 0. The van der Waals surface area contributed by atoms with E-state index in [-0.39, 0.29) is 24.0 Å². The average Bonchev–Trinajstić information content (AvgIpc) is 2.08. The highest BCUT2D eigenvalue weighted by atomic mass is 127. The van der Waals surface area contributed by atoms with Gasteiger partial charge in [-0.2, -0.15) is 0 Å². The summed E-state index contributed by atoms with van der Waals surface area (Å²) in [6.07, 6.45) is 1.15. The summed E-state index contributed by atoms with van der Waals surface area (Å²) >= 11 is 5.67. The van der Waals surface area contributed by atoms with Crippen molar-refractivity contribution in [3.8, 4) is 0 Å².